The number of fused-ring (bicyclic) bond motifs is 1. The van der Waals surface area contributed by atoms with E-state index in [1.165, 1.54) is 11.8 Å². The van der Waals surface area contributed by atoms with Crippen molar-refractivity contribution in [3.05, 3.63) is 74.4 Å². The van der Waals surface area contributed by atoms with Gasteiger partial charge in [0.25, 0.3) is 6.20 Å². The van der Waals surface area contributed by atoms with Gasteiger partial charge in [-0.1, -0.05) is 12.1 Å². The highest BCUT2D eigenvalue weighted by Crippen LogP contribution is 2.27. The molecule has 26 heavy (non-hydrogen) atoms. The van der Waals surface area contributed by atoms with Gasteiger partial charge in [-0.15, -0.1) is 23.1 Å². The van der Waals surface area contributed by atoms with E-state index in [9.17, 15) is 10.1 Å². The number of benzene rings is 2. The monoisotopic (exact) mass is 387 g/mol. The summed E-state index contributed by atoms with van der Waals surface area (Å²) in [4.78, 5) is 14.7. The Kier molecular flexibility index (Phi) is 5.75. The van der Waals surface area contributed by atoms with Gasteiger partial charge in [0.2, 0.25) is 0 Å². The topological polar surface area (TPSA) is 77.3 Å². The van der Waals surface area contributed by atoms with Crippen molar-refractivity contribution in [1.29, 1.82) is 0 Å². The Morgan fingerprint density at radius 2 is 2.19 bits per heavy atom. The molecule has 0 bridgehead atoms. The van der Waals surface area contributed by atoms with Gasteiger partial charge >= 0.3 is 0 Å². The van der Waals surface area contributed by atoms with E-state index in [0.717, 1.165) is 38.4 Å². The van der Waals surface area contributed by atoms with E-state index in [1.807, 2.05) is 49.4 Å². The fourth-order valence-electron chi connectivity index (χ4n) is 2.36. The second-order valence-electron chi connectivity index (χ2n) is 5.45. The van der Waals surface area contributed by atoms with Crippen LogP contribution < -0.4 is 10.1 Å². The van der Waals surface area contributed by atoms with Crippen molar-refractivity contribution in [3.63, 3.8) is 0 Å². The van der Waals surface area contributed by atoms with Crippen LogP contribution in [0, 0.1) is 17.0 Å². The van der Waals surface area contributed by atoms with Gasteiger partial charge in [-0.05, 0) is 49.1 Å². The van der Waals surface area contributed by atoms with Crippen LogP contribution in [0.2, 0.25) is 0 Å². The van der Waals surface area contributed by atoms with Gasteiger partial charge in [-0.3, -0.25) is 10.1 Å². The number of nitro groups is 1. The molecule has 0 radical (unpaired) electrons. The lowest BCUT2D eigenvalue weighted by molar-refractivity contribution is -0.402. The van der Waals surface area contributed by atoms with Crippen molar-refractivity contribution in [2.75, 3.05) is 11.6 Å². The van der Waals surface area contributed by atoms with Crippen LogP contribution in [0.15, 0.2) is 53.7 Å². The minimum Gasteiger partial charge on any atom is -0.486 e. The van der Waals surface area contributed by atoms with Crippen LogP contribution >= 0.6 is 23.1 Å². The Balaban J connectivity index is 1.68. The Bertz CT molecular complexity index is 936. The molecule has 0 aliphatic carbocycles. The van der Waals surface area contributed by atoms with Gasteiger partial charge in [0, 0.05) is 5.69 Å². The molecule has 0 saturated heterocycles. The molecule has 1 heterocycles. The molecule has 6 nitrogen and oxygen atoms in total. The molecular formula is C18H17N3O3S2. The van der Waals surface area contributed by atoms with Crippen molar-refractivity contribution in [3.8, 4) is 5.75 Å². The molecule has 0 atom stereocenters. The normalized spacial score (nSPS) is 11.5. The van der Waals surface area contributed by atoms with Crippen LogP contribution in [0.4, 0.5) is 5.69 Å². The lowest BCUT2D eigenvalue weighted by atomic mass is 10.2. The SMILES string of the molecule is CSC(=C[N+](=O)[O-])Nc1ccc(OCc2nc3ccccc3s2)cc1C. The molecule has 0 aliphatic rings. The number of hydrogen-bond donors (Lipinski definition) is 1. The maximum Gasteiger partial charge on any atom is 0.264 e. The molecule has 3 rings (SSSR count). The zero-order valence-corrected chi connectivity index (χ0v) is 15.9. The summed E-state index contributed by atoms with van der Waals surface area (Å²) in [7, 11) is 0. The molecular weight excluding hydrogens is 370 g/mol. The second-order valence-corrected chi connectivity index (χ2v) is 7.41. The second kappa shape index (κ2) is 8.20. The first-order valence-electron chi connectivity index (χ1n) is 7.79. The van der Waals surface area contributed by atoms with Crippen molar-refractivity contribution in [2.45, 2.75) is 13.5 Å². The first-order valence-corrected chi connectivity index (χ1v) is 9.83. The summed E-state index contributed by atoms with van der Waals surface area (Å²) in [6.45, 7) is 2.33. The van der Waals surface area contributed by atoms with Gasteiger partial charge in [0.1, 0.15) is 22.4 Å². The highest BCUT2D eigenvalue weighted by Gasteiger charge is 2.08. The number of ether oxygens (including phenoxy) is 1. The number of anilines is 1. The molecule has 0 spiro atoms. The van der Waals surface area contributed by atoms with Crippen LogP contribution in [-0.2, 0) is 6.61 Å². The minimum absolute atomic E-state index is 0.406. The third kappa shape index (κ3) is 4.53. The number of thiazole rings is 1. The fourth-order valence-corrected chi connectivity index (χ4v) is 3.64. The molecule has 0 unspecified atom stereocenters. The van der Waals surface area contributed by atoms with E-state index in [2.05, 4.69) is 10.3 Å². The van der Waals surface area contributed by atoms with Crippen molar-refractivity contribution < 1.29 is 9.66 Å². The van der Waals surface area contributed by atoms with Gasteiger partial charge in [-0.25, -0.2) is 4.98 Å². The molecule has 0 aliphatic heterocycles. The van der Waals surface area contributed by atoms with Crippen LogP contribution in [0.25, 0.3) is 10.2 Å². The number of nitrogens with one attached hydrogen (secondary N) is 1. The molecule has 8 heteroatoms. The summed E-state index contributed by atoms with van der Waals surface area (Å²) in [5.41, 5.74) is 2.73. The summed E-state index contributed by atoms with van der Waals surface area (Å²) in [5, 5.41) is 15.1. The number of para-hydroxylation sites is 1. The van der Waals surface area contributed by atoms with Crippen LogP contribution in [-0.4, -0.2) is 16.2 Å². The van der Waals surface area contributed by atoms with Gasteiger partial charge in [0.15, 0.2) is 0 Å². The Labute approximate surface area is 159 Å². The predicted molar refractivity (Wildman–Crippen MR) is 107 cm³/mol. The van der Waals surface area contributed by atoms with E-state index in [-0.39, 0.29) is 0 Å². The van der Waals surface area contributed by atoms with Crippen molar-refractivity contribution in [2.24, 2.45) is 0 Å². The van der Waals surface area contributed by atoms with E-state index < -0.39 is 4.92 Å². The lowest BCUT2D eigenvalue weighted by Crippen LogP contribution is -2.01. The zero-order valence-electron chi connectivity index (χ0n) is 14.3. The summed E-state index contributed by atoms with van der Waals surface area (Å²) in [5.74, 6) is 0.733. The van der Waals surface area contributed by atoms with Crippen molar-refractivity contribution in [1.82, 2.24) is 4.98 Å². The quantitative estimate of drug-likeness (QED) is 0.452. The molecule has 1 aromatic heterocycles. The summed E-state index contributed by atoms with van der Waals surface area (Å²) >= 11 is 2.90. The van der Waals surface area contributed by atoms with E-state index in [4.69, 9.17) is 4.74 Å². The van der Waals surface area contributed by atoms with E-state index >= 15 is 0 Å². The minimum atomic E-state index is -0.469. The summed E-state index contributed by atoms with van der Waals surface area (Å²) in [6, 6.07) is 13.6. The standard InChI is InChI=1S/C18H17N3O3S2/c1-12-9-13(7-8-14(12)19-17(25-2)10-21(22)23)24-11-18-20-15-5-3-4-6-16(15)26-18/h3-10,19H,11H2,1-2H3. The fraction of sp³-hybridized carbons (Fsp3) is 0.167. The molecule has 2 aromatic carbocycles. The zero-order chi connectivity index (χ0) is 18.5. The van der Waals surface area contributed by atoms with Gasteiger partial charge in [0.05, 0.1) is 15.1 Å². The maximum atomic E-state index is 10.6. The van der Waals surface area contributed by atoms with Crippen LogP contribution in [0.5, 0.6) is 5.75 Å². The lowest BCUT2D eigenvalue weighted by Gasteiger charge is -2.11. The molecule has 0 saturated carbocycles. The molecule has 0 fully saturated rings. The Hall–Kier alpha value is -2.58. The van der Waals surface area contributed by atoms with E-state index in [0.29, 0.717) is 11.6 Å². The average molecular weight is 387 g/mol. The number of nitrogens with zero attached hydrogens (tertiary/aromatic N) is 2. The van der Waals surface area contributed by atoms with Crippen molar-refractivity contribution >= 4 is 39.0 Å². The maximum absolute atomic E-state index is 10.6. The molecule has 1 N–H and O–H groups in total. The first kappa shape index (κ1) is 18.2. The van der Waals surface area contributed by atoms with Crippen LogP contribution in [0.3, 0.4) is 0 Å². The predicted octanol–water partition coefficient (Wildman–Crippen LogP) is 5.03. The summed E-state index contributed by atoms with van der Waals surface area (Å²) in [6.07, 6.45) is 2.74. The van der Waals surface area contributed by atoms with Gasteiger partial charge < -0.3 is 10.1 Å². The summed E-state index contributed by atoms with van der Waals surface area (Å²) < 4.78 is 6.99. The third-order valence-corrected chi connectivity index (χ3v) is 5.26. The number of rotatable bonds is 7. The Morgan fingerprint density at radius 1 is 1.38 bits per heavy atom. The number of thioether (sulfide) groups is 1. The van der Waals surface area contributed by atoms with E-state index in [1.54, 1.807) is 17.6 Å². The Morgan fingerprint density at radius 3 is 2.88 bits per heavy atom. The number of aromatic nitrogens is 1. The smallest absolute Gasteiger partial charge is 0.264 e. The first-order chi connectivity index (χ1) is 12.5. The van der Waals surface area contributed by atoms with Gasteiger partial charge in [-0.2, -0.15) is 0 Å². The number of aryl methyl sites for hydroxylation is 1. The molecule has 3 aromatic rings. The largest absolute Gasteiger partial charge is 0.486 e. The average Bonchev–Trinajstić information content (AvgIpc) is 3.03. The molecule has 0 amide bonds. The molecule has 134 valence electrons. The third-order valence-electron chi connectivity index (χ3n) is 3.60. The van der Waals surface area contributed by atoms with Crippen LogP contribution in [0.1, 0.15) is 10.6 Å². The highest BCUT2D eigenvalue weighted by molar-refractivity contribution is 8.02. The highest BCUT2D eigenvalue weighted by atomic mass is 32.2. The number of hydrogen-bond acceptors (Lipinski definition) is 7.